The van der Waals surface area contributed by atoms with Gasteiger partial charge >= 0.3 is 17.9 Å². The van der Waals surface area contributed by atoms with Crippen LogP contribution in [0.5, 0.6) is 0 Å². The van der Waals surface area contributed by atoms with Gasteiger partial charge in [-0.05, 0) is 0 Å². The molecule has 0 radical (unpaired) electrons. The molecule has 20 heavy (non-hydrogen) atoms. The molecule has 1 aromatic rings. The number of esters is 1. The molecule has 0 saturated carbocycles. The maximum Gasteiger partial charge on any atom is 0.342 e. The average Bonchev–Trinajstić information content (AvgIpc) is 2.66. The van der Waals surface area contributed by atoms with Crippen molar-refractivity contribution in [2.75, 3.05) is 0 Å². The van der Waals surface area contributed by atoms with Crippen molar-refractivity contribution in [3.05, 3.63) is 35.9 Å². The van der Waals surface area contributed by atoms with E-state index in [1.54, 1.807) is 30.3 Å². The van der Waals surface area contributed by atoms with E-state index in [-0.39, 0.29) is 0 Å². The van der Waals surface area contributed by atoms with E-state index < -0.39 is 42.6 Å². The number of carbonyl (C=O) groups is 3. The summed E-state index contributed by atoms with van der Waals surface area (Å²) < 4.78 is 10.3. The quantitative estimate of drug-likeness (QED) is 0.772. The Bertz CT molecular complexity index is 521. The molecular weight excluding hydrogens is 268 g/mol. The van der Waals surface area contributed by atoms with E-state index in [0.717, 1.165) is 0 Å². The van der Waals surface area contributed by atoms with Gasteiger partial charge in [0.2, 0.25) is 6.29 Å². The number of hydrogen-bond donors (Lipinski definition) is 2. The van der Waals surface area contributed by atoms with Crippen LogP contribution in [0.3, 0.4) is 0 Å². The second kappa shape index (κ2) is 5.30. The van der Waals surface area contributed by atoms with Crippen LogP contribution in [-0.4, -0.2) is 33.7 Å². The zero-order valence-electron chi connectivity index (χ0n) is 10.3. The van der Waals surface area contributed by atoms with Gasteiger partial charge in [-0.3, -0.25) is 9.59 Å². The molecule has 0 aliphatic carbocycles. The van der Waals surface area contributed by atoms with Crippen LogP contribution in [0.1, 0.15) is 24.7 Å². The largest absolute Gasteiger partial charge is 0.481 e. The number of carboxylic acid groups (broad SMARTS) is 2. The number of hydrogen-bond acceptors (Lipinski definition) is 5. The van der Waals surface area contributed by atoms with Crippen molar-refractivity contribution in [1.82, 2.24) is 0 Å². The summed E-state index contributed by atoms with van der Waals surface area (Å²) >= 11 is 0. The van der Waals surface area contributed by atoms with Gasteiger partial charge in [-0.1, -0.05) is 30.3 Å². The summed E-state index contributed by atoms with van der Waals surface area (Å²) in [6.45, 7) is 0. The zero-order chi connectivity index (χ0) is 14.8. The van der Waals surface area contributed by atoms with Gasteiger partial charge < -0.3 is 19.7 Å². The Morgan fingerprint density at radius 1 is 1.10 bits per heavy atom. The summed E-state index contributed by atoms with van der Waals surface area (Å²) in [5.74, 6) is -3.65. The molecule has 1 aliphatic rings. The summed E-state index contributed by atoms with van der Waals surface area (Å²) in [5, 5.41) is 17.7. The molecule has 1 atom stereocenters. The predicted octanol–water partition coefficient (Wildman–Crippen LogP) is 0.947. The molecule has 7 heteroatoms. The molecule has 1 aromatic carbocycles. The molecule has 0 spiro atoms. The van der Waals surface area contributed by atoms with E-state index in [1.165, 1.54) is 0 Å². The molecule has 1 heterocycles. The molecule has 1 saturated heterocycles. The lowest BCUT2D eigenvalue weighted by molar-refractivity contribution is -0.159. The molecule has 1 aliphatic heterocycles. The van der Waals surface area contributed by atoms with Crippen LogP contribution >= 0.6 is 0 Å². The van der Waals surface area contributed by atoms with Crippen molar-refractivity contribution in [2.45, 2.75) is 24.7 Å². The van der Waals surface area contributed by atoms with Crippen molar-refractivity contribution >= 4 is 17.9 Å². The topological polar surface area (TPSA) is 110 Å². The maximum atomic E-state index is 11.9. The number of benzene rings is 1. The van der Waals surface area contributed by atoms with Crippen molar-refractivity contribution in [1.29, 1.82) is 0 Å². The van der Waals surface area contributed by atoms with E-state index in [4.69, 9.17) is 19.7 Å². The highest BCUT2D eigenvalue weighted by atomic mass is 16.8. The van der Waals surface area contributed by atoms with E-state index in [0.29, 0.717) is 5.56 Å². The van der Waals surface area contributed by atoms with Crippen molar-refractivity contribution in [2.24, 2.45) is 0 Å². The average molecular weight is 280 g/mol. The van der Waals surface area contributed by atoms with E-state index in [1.807, 2.05) is 0 Å². The first-order valence-corrected chi connectivity index (χ1v) is 5.80. The zero-order valence-corrected chi connectivity index (χ0v) is 10.3. The van der Waals surface area contributed by atoms with E-state index >= 15 is 0 Å². The van der Waals surface area contributed by atoms with Crippen LogP contribution in [0.4, 0.5) is 0 Å². The second-order valence-corrected chi connectivity index (χ2v) is 4.40. The smallest absolute Gasteiger partial charge is 0.342 e. The number of ether oxygens (including phenoxy) is 2. The molecule has 1 unspecified atom stereocenters. The number of aliphatic carboxylic acids is 2. The highest BCUT2D eigenvalue weighted by molar-refractivity contribution is 5.90. The van der Waals surface area contributed by atoms with Crippen LogP contribution in [0.15, 0.2) is 30.3 Å². The first-order valence-electron chi connectivity index (χ1n) is 5.80. The Hall–Kier alpha value is -2.41. The lowest BCUT2D eigenvalue weighted by Gasteiger charge is -2.20. The van der Waals surface area contributed by atoms with Crippen molar-refractivity contribution in [3.63, 3.8) is 0 Å². The molecule has 1 fully saturated rings. The number of cyclic esters (lactones) is 1. The van der Waals surface area contributed by atoms with Crippen molar-refractivity contribution in [3.8, 4) is 0 Å². The third-order valence-corrected chi connectivity index (χ3v) is 2.86. The van der Waals surface area contributed by atoms with Crippen LogP contribution in [0.2, 0.25) is 0 Å². The highest BCUT2D eigenvalue weighted by Crippen LogP contribution is 2.38. The number of carboxylic acids is 2. The fourth-order valence-corrected chi connectivity index (χ4v) is 2.01. The summed E-state index contributed by atoms with van der Waals surface area (Å²) in [6.07, 6.45) is -2.62. The van der Waals surface area contributed by atoms with Crippen LogP contribution in [0, 0.1) is 0 Å². The van der Waals surface area contributed by atoms with Crippen LogP contribution < -0.4 is 0 Å². The third-order valence-electron chi connectivity index (χ3n) is 2.86. The second-order valence-electron chi connectivity index (χ2n) is 4.40. The molecule has 2 rings (SSSR count). The first kappa shape index (κ1) is 14.0. The minimum Gasteiger partial charge on any atom is -0.481 e. The predicted molar refractivity (Wildman–Crippen MR) is 63.6 cm³/mol. The molecule has 7 nitrogen and oxygen atoms in total. The molecular formula is C13H12O7. The van der Waals surface area contributed by atoms with Gasteiger partial charge in [0, 0.05) is 5.56 Å². The van der Waals surface area contributed by atoms with E-state index in [9.17, 15) is 14.4 Å². The number of carbonyl (C=O) groups excluding carboxylic acids is 1. The minimum atomic E-state index is -1.99. The fourth-order valence-electron chi connectivity index (χ4n) is 2.01. The Kier molecular flexibility index (Phi) is 3.71. The van der Waals surface area contributed by atoms with Gasteiger partial charge in [0.05, 0.1) is 12.8 Å². The standard InChI is InChI=1S/C13H12O7/c14-9(15)6-13(7-10(16)17)12(18)19-11(20-13)8-4-2-1-3-5-8/h1-5,11H,6-7H2,(H,14,15)(H,16,17). The SMILES string of the molecule is O=C(O)CC1(CC(=O)O)OC(c2ccccc2)OC1=O. The summed E-state index contributed by atoms with van der Waals surface area (Å²) in [6, 6.07) is 8.41. The molecule has 2 N–H and O–H groups in total. The summed E-state index contributed by atoms with van der Waals surface area (Å²) in [7, 11) is 0. The first-order chi connectivity index (χ1) is 9.43. The Morgan fingerprint density at radius 3 is 2.15 bits per heavy atom. The molecule has 0 bridgehead atoms. The fraction of sp³-hybridized carbons (Fsp3) is 0.308. The highest BCUT2D eigenvalue weighted by Gasteiger charge is 2.53. The summed E-state index contributed by atoms with van der Waals surface area (Å²) in [4.78, 5) is 33.6. The normalized spacial score (nSPS) is 20.4. The van der Waals surface area contributed by atoms with E-state index in [2.05, 4.69) is 0 Å². The molecule has 106 valence electrons. The minimum absolute atomic E-state index is 0.513. The van der Waals surface area contributed by atoms with Crippen LogP contribution in [-0.2, 0) is 23.9 Å². The number of rotatable bonds is 5. The lowest BCUT2D eigenvalue weighted by atomic mass is 9.96. The molecule has 0 amide bonds. The van der Waals surface area contributed by atoms with Gasteiger partial charge in [0.1, 0.15) is 0 Å². The van der Waals surface area contributed by atoms with Gasteiger partial charge in [-0.2, -0.15) is 0 Å². The Morgan fingerprint density at radius 2 is 1.65 bits per heavy atom. The lowest BCUT2D eigenvalue weighted by Crippen LogP contribution is -2.41. The monoisotopic (exact) mass is 280 g/mol. The van der Waals surface area contributed by atoms with Gasteiger partial charge in [-0.25, -0.2) is 4.79 Å². The Labute approximate surface area is 113 Å². The van der Waals surface area contributed by atoms with Gasteiger partial charge in [-0.15, -0.1) is 0 Å². The molecule has 0 aromatic heterocycles. The van der Waals surface area contributed by atoms with Gasteiger partial charge in [0.15, 0.2) is 5.60 Å². The van der Waals surface area contributed by atoms with Gasteiger partial charge in [0.25, 0.3) is 0 Å². The maximum absolute atomic E-state index is 11.9. The Balaban J connectivity index is 2.27. The van der Waals surface area contributed by atoms with Crippen molar-refractivity contribution < 1.29 is 34.1 Å². The van der Waals surface area contributed by atoms with Crippen LogP contribution in [0.25, 0.3) is 0 Å². The summed E-state index contributed by atoms with van der Waals surface area (Å²) in [5.41, 5.74) is -1.48. The third kappa shape index (κ3) is 2.77.